The standard InChI is InChI=1S/C21H27N3O3/c1-3-10-22-21(26)27-14-8-9-18-16(12-14)15(4-2)17-13-23-19(20(17)24-18)7-5-6-11-25/h7-9,12,23,25H,3-6,10-11,13H2,1-2H3,(H,22,26)/b19-7-. The molecule has 1 amide bonds. The molecule has 144 valence electrons. The Morgan fingerprint density at radius 1 is 1.41 bits per heavy atom. The van der Waals surface area contributed by atoms with Crippen molar-refractivity contribution in [2.45, 2.75) is 46.1 Å². The van der Waals surface area contributed by atoms with Gasteiger partial charge in [-0.2, -0.15) is 0 Å². The number of aliphatic hydroxyl groups is 1. The van der Waals surface area contributed by atoms with Gasteiger partial charge in [-0.1, -0.05) is 19.9 Å². The van der Waals surface area contributed by atoms with E-state index >= 15 is 0 Å². The number of amides is 1. The van der Waals surface area contributed by atoms with Crippen LogP contribution in [0.2, 0.25) is 0 Å². The van der Waals surface area contributed by atoms with Gasteiger partial charge in [0.25, 0.3) is 0 Å². The lowest BCUT2D eigenvalue weighted by molar-refractivity contribution is 0.200. The van der Waals surface area contributed by atoms with Crippen LogP contribution in [0.4, 0.5) is 4.79 Å². The first-order chi connectivity index (χ1) is 13.2. The van der Waals surface area contributed by atoms with E-state index in [-0.39, 0.29) is 6.61 Å². The average Bonchev–Trinajstić information content (AvgIpc) is 3.07. The maximum atomic E-state index is 11.8. The number of hydrogen-bond acceptors (Lipinski definition) is 5. The molecule has 0 aliphatic carbocycles. The third-order valence-electron chi connectivity index (χ3n) is 4.68. The topological polar surface area (TPSA) is 83.5 Å². The van der Waals surface area contributed by atoms with Crippen molar-refractivity contribution in [1.29, 1.82) is 0 Å². The predicted molar refractivity (Wildman–Crippen MR) is 107 cm³/mol. The molecule has 1 aromatic carbocycles. The van der Waals surface area contributed by atoms with Gasteiger partial charge in [-0.3, -0.25) is 0 Å². The molecule has 6 nitrogen and oxygen atoms in total. The molecule has 0 spiro atoms. The normalized spacial score (nSPS) is 14.3. The van der Waals surface area contributed by atoms with Crippen molar-refractivity contribution in [3.8, 4) is 5.75 Å². The summed E-state index contributed by atoms with van der Waals surface area (Å²) in [4.78, 5) is 16.7. The van der Waals surface area contributed by atoms with Crippen LogP contribution >= 0.6 is 0 Å². The third-order valence-corrected chi connectivity index (χ3v) is 4.68. The van der Waals surface area contributed by atoms with Crippen LogP contribution in [0.1, 0.15) is 49.9 Å². The molecule has 0 radical (unpaired) electrons. The fourth-order valence-electron chi connectivity index (χ4n) is 3.37. The Balaban J connectivity index is 1.94. The molecular weight excluding hydrogens is 342 g/mol. The Labute approximate surface area is 159 Å². The number of nitrogens with one attached hydrogen (secondary N) is 2. The molecule has 2 heterocycles. The number of unbranched alkanes of at least 4 members (excludes halogenated alkanes) is 1. The zero-order valence-electron chi connectivity index (χ0n) is 16.0. The van der Waals surface area contributed by atoms with Crippen LogP contribution in [0.5, 0.6) is 5.75 Å². The molecule has 0 bridgehead atoms. The summed E-state index contributed by atoms with van der Waals surface area (Å²) in [6, 6.07) is 5.59. The average molecular weight is 369 g/mol. The number of nitrogens with zero attached hydrogens (tertiary/aromatic N) is 1. The SMILES string of the molecule is CCCNC(=O)Oc1ccc2nc3c(c(CC)c2c1)CN/C3=C\CCCO. The molecule has 6 heteroatoms. The van der Waals surface area contributed by atoms with Crippen molar-refractivity contribution in [2.24, 2.45) is 0 Å². The van der Waals surface area contributed by atoms with Gasteiger partial charge in [-0.25, -0.2) is 9.78 Å². The zero-order valence-corrected chi connectivity index (χ0v) is 16.0. The van der Waals surface area contributed by atoms with Gasteiger partial charge in [0, 0.05) is 30.6 Å². The minimum absolute atomic E-state index is 0.191. The Morgan fingerprint density at radius 2 is 2.26 bits per heavy atom. The first-order valence-corrected chi connectivity index (χ1v) is 9.64. The molecule has 0 saturated carbocycles. The van der Waals surface area contributed by atoms with E-state index in [2.05, 4.69) is 23.6 Å². The summed E-state index contributed by atoms with van der Waals surface area (Å²) >= 11 is 0. The Bertz CT molecular complexity index is 861. The first-order valence-electron chi connectivity index (χ1n) is 9.64. The van der Waals surface area contributed by atoms with Gasteiger partial charge >= 0.3 is 6.09 Å². The van der Waals surface area contributed by atoms with E-state index in [0.29, 0.717) is 12.3 Å². The number of rotatable bonds is 7. The fraction of sp³-hybridized carbons (Fsp3) is 0.429. The van der Waals surface area contributed by atoms with E-state index in [1.165, 1.54) is 11.1 Å². The third kappa shape index (κ3) is 4.22. The molecule has 1 aliphatic heterocycles. The Kier molecular flexibility index (Phi) is 6.29. The van der Waals surface area contributed by atoms with Crippen molar-refractivity contribution < 1.29 is 14.6 Å². The zero-order chi connectivity index (χ0) is 19.2. The highest BCUT2D eigenvalue weighted by molar-refractivity contribution is 5.89. The summed E-state index contributed by atoms with van der Waals surface area (Å²) in [6.07, 6.45) is 4.98. The molecule has 0 unspecified atom stereocenters. The lowest BCUT2D eigenvalue weighted by Gasteiger charge is -2.12. The predicted octanol–water partition coefficient (Wildman–Crippen LogP) is 3.51. The number of fused-ring (bicyclic) bond motifs is 2. The summed E-state index contributed by atoms with van der Waals surface area (Å²) in [6.45, 7) is 5.66. The Hall–Kier alpha value is -2.60. The number of pyridine rings is 1. The maximum absolute atomic E-state index is 11.8. The van der Waals surface area contributed by atoms with E-state index in [4.69, 9.17) is 14.8 Å². The molecule has 1 aliphatic rings. The van der Waals surface area contributed by atoms with Gasteiger partial charge in [0.15, 0.2) is 0 Å². The van der Waals surface area contributed by atoms with Crippen LogP contribution in [0.25, 0.3) is 16.6 Å². The number of allylic oxidation sites excluding steroid dienone is 1. The summed E-state index contributed by atoms with van der Waals surface area (Å²) in [5.41, 5.74) is 5.35. The van der Waals surface area contributed by atoms with Gasteiger partial charge in [0.2, 0.25) is 0 Å². The number of hydrogen-bond donors (Lipinski definition) is 3. The van der Waals surface area contributed by atoms with Gasteiger partial charge in [-0.05, 0) is 49.4 Å². The van der Waals surface area contributed by atoms with Crippen LogP contribution in [-0.2, 0) is 13.0 Å². The number of carbonyl (C=O) groups excluding carboxylic acids is 1. The van der Waals surface area contributed by atoms with Crippen LogP contribution in [0, 0.1) is 0 Å². The number of aromatic nitrogens is 1. The second kappa shape index (κ2) is 8.86. The lowest BCUT2D eigenvalue weighted by Crippen LogP contribution is -2.27. The number of aryl methyl sites for hydroxylation is 1. The summed E-state index contributed by atoms with van der Waals surface area (Å²) in [5.74, 6) is 0.525. The number of carbonyl (C=O) groups is 1. The monoisotopic (exact) mass is 369 g/mol. The van der Waals surface area contributed by atoms with Gasteiger partial charge < -0.3 is 20.5 Å². The first kappa shape index (κ1) is 19.2. The van der Waals surface area contributed by atoms with Crippen LogP contribution in [0.15, 0.2) is 24.3 Å². The van der Waals surface area contributed by atoms with E-state index in [1.54, 1.807) is 6.07 Å². The number of benzene rings is 1. The molecule has 3 rings (SSSR count). The highest BCUT2D eigenvalue weighted by atomic mass is 16.6. The summed E-state index contributed by atoms with van der Waals surface area (Å²) in [7, 11) is 0. The minimum atomic E-state index is -0.431. The highest BCUT2D eigenvalue weighted by Gasteiger charge is 2.22. The van der Waals surface area contributed by atoms with Crippen LogP contribution in [0.3, 0.4) is 0 Å². The van der Waals surface area contributed by atoms with Crippen molar-refractivity contribution >= 4 is 22.7 Å². The highest BCUT2D eigenvalue weighted by Crippen LogP contribution is 2.33. The summed E-state index contributed by atoms with van der Waals surface area (Å²) < 4.78 is 5.40. The van der Waals surface area contributed by atoms with Crippen molar-refractivity contribution in [1.82, 2.24) is 15.6 Å². The molecule has 27 heavy (non-hydrogen) atoms. The van der Waals surface area contributed by atoms with Crippen molar-refractivity contribution in [3.05, 3.63) is 41.1 Å². The maximum Gasteiger partial charge on any atom is 0.412 e. The van der Waals surface area contributed by atoms with E-state index in [0.717, 1.165) is 54.5 Å². The fourth-order valence-corrected chi connectivity index (χ4v) is 3.37. The minimum Gasteiger partial charge on any atom is -0.410 e. The molecule has 3 N–H and O–H groups in total. The van der Waals surface area contributed by atoms with E-state index in [1.807, 2.05) is 19.1 Å². The molecular formula is C21H27N3O3. The molecule has 1 aromatic heterocycles. The van der Waals surface area contributed by atoms with Gasteiger partial charge in [-0.15, -0.1) is 0 Å². The molecule has 0 atom stereocenters. The van der Waals surface area contributed by atoms with Crippen molar-refractivity contribution in [2.75, 3.05) is 13.2 Å². The van der Waals surface area contributed by atoms with Crippen LogP contribution < -0.4 is 15.4 Å². The van der Waals surface area contributed by atoms with E-state index < -0.39 is 6.09 Å². The molecule has 2 aromatic rings. The second-order valence-electron chi connectivity index (χ2n) is 6.60. The lowest BCUT2D eigenvalue weighted by atomic mass is 9.98. The number of ether oxygens (including phenoxy) is 1. The smallest absolute Gasteiger partial charge is 0.410 e. The Morgan fingerprint density at radius 3 is 3.00 bits per heavy atom. The van der Waals surface area contributed by atoms with Gasteiger partial charge in [0.05, 0.1) is 16.9 Å². The van der Waals surface area contributed by atoms with Crippen molar-refractivity contribution in [3.63, 3.8) is 0 Å². The van der Waals surface area contributed by atoms with Crippen LogP contribution in [-0.4, -0.2) is 29.3 Å². The molecule has 0 fully saturated rings. The quantitative estimate of drug-likeness (QED) is 0.651. The van der Waals surface area contributed by atoms with Gasteiger partial charge in [0.1, 0.15) is 5.75 Å². The van der Waals surface area contributed by atoms with E-state index in [9.17, 15) is 4.79 Å². The molecule has 0 saturated heterocycles. The second-order valence-corrected chi connectivity index (χ2v) is 6.60. The summed E-state index contributed by atoms with van der Waals surface area (Å²) in [5, 5.41) is 16.2. The largest absolute Gasteiger partial charge is 0.412 e. The number of aliphatic hydroxyl groups excluding tert-OH is 1.